The minimum Gasteiger partial charge on any atom is -0.506 e. The Balaban J connectivity index is 2.51. The highest BCUT2D eigenvalue weighted by atomic mass is 35.5. The van der Waals surface area contributed by atoms with Crippen LogP contribution < -0.4 is 5.32 Å². The van der Waals surface area contributed by atoms with Crippen LogP contribution >= 0.6 is 11.6 Å². The van der Waals surface area contributed by atoms with Crippen molar-refractivity contribution in [2.24, 2.45) is 0 Å². The van der Waals surface area contributed by atoms with Gasteiger partial charge in [0.1, 0.15) is 11.6 Å². The molecule has 0 bridgehead atoms. The first-order valence-electron chi connectivity index (χ1n) is 5.68. The highest BCUT2D eigenvalue weighted by Gasteiger charge is 2.07. The fourth-order valence-corrected chi connectivity index (χ4v) is 1.76. The van der Waals surface area contributed by atoms with Gasteiger partial charge in [0.2, 0.25) is 0 Å². The quantitative estimate of drug-likeness (QED) is 0.893. The molecule has 0 saturated carbocycles. The Morgan fingerprint density at radius 2 is 2.06 bits per heavy atom. The van der Waals surface area contributed by atoms with Crippen molar-refractivity contribution in [1.82, 2.24) is 9.97 Å². The van der Waals surface area contributed by atoms with Gasteiger partial charge in [0.15, 0.2) is 5.82 Å². The van der Waals surface area contributed by atoms with Crippen LogP contribution in [0.3, 0.4) is 0 Å². The predicted molar refractivity (Wildman–Crippen MR) is 73.1 cm³/mol. The molecule has 0 atom stereocenters. The van der Waals surface area contributed by atoms with E-state index in [9.17, 15) is 5.11 Å². The van der Waals surface area contributed by atoms with Crippen molar-refractivity contribution in [3.8, 4) is 17.1 Å². The van der Waals surface area contributed by atoms with Gasteiger partial charge in [-0.2, -0.15) is 0 Å². The maximum atomic E-state index is 9.41. The van der Waals surface area contributed by atoms with Gasteiger partial charge >= 0.3 is 0 Å². The Morgan fingerprint density at radius 1 is 1.28 bits per heavy atom. The number of aromatic nitrogens is 2. The first kappa shape index (κ1) is 12.6. The Bertz CT molecular complexity index is 550. The number of halogens is 1. The zero-order chi connectivity index (χ0) is 13.1. The number of rotatable bonds is 3. The monoisotopic (exact) mass is 263 g/mol. The molecule has 94 valence electrons. The third-order valence-corrected chi connectivity index (χ3v) is 2.91. The van der Waals surface area contributed by atoms with E-state index in [2.05, 4.69) is 15.3 Å². The van der Waals surface area contributed by atoms with Crippen molar-refractivity contribution in [3.63, 3.8) is 0 Å². The third-order valence-electron chi connectivity index (χ3n) is 2.60. The number of phenolic OH excluding ortho intramolecular Hbond substituents is 1. The normalized spacial score (nSPS) is 10.4. The van der Waals surface area contributed by atoms with Gasteiger partial charge in [-0.1, -0.05) is 18.5 Å². The van der Waals surface area contributed by atoms with E-state index in [0.717, 1.165) is 23.5 Å². The molecule has 4 nitrogen and oxygen atoms in total. The third kappa shape index (κ3) is 2.54. The summed E-state index contributed by atoms with van der Waals surface area (Å²) in [6, 6.07) is 6.85. The van der Waals surface area contributed by atoms with Gasteiger partial charge in [-0.25, -0.2) is 9.97 Å². The highest BCUT2D eigenvalue weighted by Crippen LogP contribution is 2.28. The second-order valence-electron chi connectivity index (χ2n) is 3.84. The minimum atomic E-state index is 0.0564. The Morgan fingerprint density at radius 3 is 2.67 bits per heavy atom. The van der Waals surface area contributed by atoms with Crippen LogP contribution in [0.2, 0.25) is 5.02 Å². The van der Waals surface area contributed by atoms with Gasteiger partial charge in [0.25, 0.3) is 0 Å². The SMILES string of the molecule is CCc1cc(NC)nc(-c2ccc(O)c(Cl)c2)n1. The average Bonchev–Trinajstić information content (AvgIpc) is 2.41. The lowest BCUT2D eigenvalue weighted by atomic mass is 10.2. The van der Waals surface area contributed by atoms with Crippen LogP contribution in [0, 0.1) is 0 Å². The summed E-state index contributed by atoms with van der Waals surface area (Å²) in [4.78, 5) is 8.83. The lowest BCUT2D eigenvalue weighted by molar-refractivity contribution is 0.475. The zero-order valence-corrected chi connectivity index (χ0v) is 11.0. The largest absolute Gasteiger partial charge is 0.506 e. The molecule has 0 aliphatic heterocycles. The molecular weight excluding hydrogens is 250 g/mol. The number of aryl methyl sites for hydroxylation is 1. The van der Waals surface area contributed by atoms with E-state index in [0.29, 0.717) is 10.8 Å². The first-order chi connectivity index (χ1) is 8.63. The van der Waals surface area contributed by atoms with Crippen LogP contribution in [-0.4, -0.2) is 22.1 Å². The summed E-state index contributed by atoms with van der Waals surface area (Å²) in [6.07, 6.45) is 0.829. The average molecular weight is 264 g/mol. The summed E-state index contributed by atoms with van der Waals surface area (Å²) in [5.41, 5.74) is 1.73. The lowest BCUT2D eigenvalue weighted by Gasteiger charge is -2.07. The van der Waals surface area contributed by atoms with E-state index in [1.165, 1.54) is 0 Å². The van der Waals surface area contributed by atoms with Crippen molar-refractivity contribution in [3.05, 3.63) is 35.0 Å². The Labute approximate surface area is 111 Å². The summed E-state index contributed by atoms with van der Waals surface area (Å²) >= 11 is 5.89. The number of hydrogen-bond acceptors (Lipinski definition) is 4. The molecule has 0 spiro atoms. The molecule has 0 saturated heterocycles. The number of phenols is 1. The molecule has 0 amide bonds. The summed E-state index contributed by atoms with van der Waals surface area (Å²) in [7, 11) is 1.81. The molecule has 0 fully saturated rings. The zero-order valence-electron chi connectivity index (χ0n) is 10.2. The van der Waals surface area contributed by atoms with Crippen LogP contribution in [0.25, 0.3) is 11.4 Å². The van der Waals surface area contributed by atoms with Crippen molar-refractivity contribution in [1.29, 1.82) is 0 Å². The standard InChI is InChI=1S/C13H14ClN3O/c1-3-9-7-12(15-2)17-13(16-9)8-4-5-11(18)10(14)6-8/h4-7,18H,3H2,1-2H3,(H,15,16,17). The van der Waals surface area contributed by atoms with Gasteiger partial charge in [0.05, 0.1) is 5.02 Å². The first-order valence-corrected chi connectivity index (χ1v) is 6.06. The molecule has 1 aromatic carbocycles. The smallest absolute Gasteiger partial charge is 0.161 e. The predicted octanol–water partition coefficient (Wildman–Crippen LogP) is 3.11. The molecular formula is C13H14ClN3O. The van der Waals surface area contributed by atoms with Crippen LogP contribution in [0.5, 0.6) is 5.75 Å². The summed E-state index contributed by atoms with van der Waals surface area (Å²) in [5.74, 6) is 1.42. The topological polar surface area (TPSA) is 58.0 Å². The van der Waals surface area contributed by atoms with Crippen LogP contribution in [0.15, 0.2) is 24.3 Å². The number of hydrogen-bond donors (Lipinski definition) is 2. The molecule has 0 aliphatic rings. The summed E-state index contributed by atoms with van der Waals surface area (Å²) in [5, 5.41) is 12.7. The molecule has 5 heteroatoms. The van der Waals surface area contributed by atoms with Gasteiger partial charge in [0, 0.05) is 24.4 Å². The van der Waals surface area contributed by atoms with E-state index >= 15 is 0 Å². The number of benzene rings is 1. The van der Waals surface area contributed by atoms with E-state index in [4.69, 9.17) is 11.6 Å². The number of anilines is 1. The molecule has 0 aliphatic carbocycles. The second kappa shape index (κ2) is 5.23. The van der Waals surface area contributed by atoms with Crippen molar-refractivity contribution >= 4 is 17.4 Å². The molecule has 0 unspecified atom stereocenters. The molecule has 2 rings (SSSR count). The maximum absolute atomic E-state index is 9.41. The summed E-state index contributed by atoms with van der Waals surface area (Å²) < 4.78 is 0. The highest BCUT2D eigenvalue weighted by molar-refractivity contribution is 6.32. The number of nitrogens with one attached hydrogen (secondary N) is 1. The lowest BCUT2D eigenvalue weighted by Crippen LogP contribution is -2.00. The van der Waals surface area contributed by atoms with Gasteiger partial charge in [-0.05, 0) is 24.6 Å². The van der Waals surface area contributed by atoms with Crippen molar-refractivity contribution in [2.45, 2.75) is 13.3 Å². The fraction of sp³-hybridized carbons (Fsp3) is 0.231. The van der Waals surface area contributed by atoms with E-state index in [1.807, 2.05) is 20.0 Å². The van der Waals surface area contributed by atoms with Gasteiger partial charge in [-0.15, -0.1) is 0 Å². The number of aromatic hydroxyl groups is 1. The molecule has 1 aromatic heterocycles. The van der Waals surface area contributed by atoms with Gasteiger partial charge in [-0.3, -0.25) is 0 Å². The number of nitrogens with zero attached hydrogens (tertiary/aromatic N) is 2. The molecule has 18 heavy (non-hydrogen) atoms. The molecule has 2 aromatic rings. The maximum Gasteiger partial charge on any atom is 0.161 e. The van der Waals surface area contributed by atoms with E-state index < -0.39 is 0 Å². The molecule has 2 N–H and O–H groups in total. The molecule has 0 radical (unpaired) electrons. The van der Waals surface area contributed by atoms with Crippen LogP contribution in [0.4, 0.5) is 5.82 Å². The van der Waals surface area contributed by atoms with Gasteiger partial charge < -0.3 is 10.4 Å². The van der Waals surface area contributed by atoms with Crippen LogP contribution in [-0.2, 0) is 6.42 Å². The Hall–Kier alpha value is -1.81. The minimum absolute atomic E-state index is 0.0564. The summed E-state index contributed by atoms with van der Waals surface area (Å²) in [6.45, 7) is 2.04. The Kier molecular flexibility index (Phi) is 3.67. The fourth-order valence-electron chi connectivity index (χ4n) is 1.58. The van der Waals surface area contributed by atoms with Crippen molar-refractivity contribution < 1.29 is 5.11 Å². The molecule has 1 heterocycles. The van der Waals surface area contributed by atoms with E-state index in [-0.39, 0.29) is 5.75 Å². The van der Waals surface area contributed by atoms with Crippen molar-refractivity contribution in [2.75, 3.05) is 12.4 Å². The van der Waals surface area contributed by atoms with Crippen LogP contribution in [0.1, 0.15) is 12.6 Å². The van der Waals surface area contributed by atoms with E-state index in [1.54, 1.807) is 18.2 Å². The second-order valence-corrected chi connectivity index (χ2v) is 4.25.